The smallest absolute Gasteiger partial charge is 0.255 e. The van der Waals surface area contributed by atoms with Crippen LogP contribution in [-0.4, -0.2) is 48.3 Å². The fourth-order valence-corrected chi connectivity index (χ4v) is 4.21. The largest absolute Gasteiger partial charge is 0.495 e. The van der Waals surface area contributed by atoms with E-state index in [0.29, 0.717) is 45.3 Å². The van der Waals surface area contributed by atoms with E-state index in [9.17, 15) is 4.79 Å². The molecule has 0 saturated heterocycles. The molecule has 2 aromatic carbocycles. The molecule has 0 unspecified atom stereocenters. The zero-order valence-electron chi connectivity index (χ0n) is 19.0. The lowest BCUT2D eigenvalue weighted by atomic mass is 9.94. The van der Waals surface area contributed by atoms with Crippen LogP contribution in [0.3, 0.4) is 0 Å². The third-order valence-electron chi connectivity index (χ3n) is 5.34. The Morgan fingerprint density at radius 3 is 2.48 bits per heavy atom. The monoisotopic (exact) mass is 467 g/mol. The normalized spacial score (nSPS) is 14.9. The summed E-state index contributed by atoms with van der Waals surface area (Å²) >= 11 is 1.42. The van der Waals surface area contributed by atoms with E-state index in [2.05, 4.69) is 20.7 Å². The van der Waals surface area contributed by atoms with Gasteiger partial charge in [-0.05, 0) is 31.4 Å². The van der Waals surface area contributed by atoms with Crippen molar-refractivity contribution in [2.75, 3.05) is 38.2 Å². The van der Waals surface area contributed by atoms with Gasteiger partial charge in [-0.1, -0.05) is 36.0 Å². The summed E-state index contributed by atoms with van der Waals surface area (Å²) < 4.78 is 18.3. The number of carbonyl (C=O) groups is 1. The first-order valence-electron chi connectivity index (χ1n) is 10.2. The first-order valence-corrected chi connectivity index (χ1v) is 11.4. The topological polar surface area (TPSA) is 99.5 Å². The van der Waals surface area contributed by atoms with Gasteiger partial charge >= 0.3 is 0 Å². The van der Waals surface area contributed by atoms with E-state index in [0.717, 1.165) is 5.56 Å². The van der Waals surface area contributed by atoms with Crippen LogP contribution in [0.4, 0.5) is 11.6 Å². The number of nitrogens with one attached hydrogen (secondary N) is 2. The maximum atomic E-state index is 13.7. The lowest BCUT2D eigenvalue weighted by Crippen LogP contribution is -2.31. The van der Waals surface area contributed by atoms with Crippen LogP contribution in [0.1, 0.15) is 18.5 Å². The van der Waals surface area contributed by atoms with Gasteiger partial charge in [0.15, 0.2) is 11.5 Å². The SMILES string of the molecule is COc1ccccc1NC(=O)C1=C(C)Nc2nc(SC)nn2[C@@H]1c1cccc(OC)c1OC. The van der Waals surface area contributed by atoms with Crippen molar-refractivity contribution in [3.05, 3.63) is 59.3 Å². The number of hydrogen-bond donors (Lipinski definition) is 2. The first-order chi connectivity index (χ1) is 16.0. The summed E-state index contributed by atoms with van der Waals surface area (Å²) in [6, 6.07) is 12.2. The number of aromatic nitrogens is 3. The van der Waals surface area contributed by atoms with E-state index in [1.165, 1.54) is 11.8 Å². The second kappa shape index (κ2) is 9.45. The van der Waals surface area contributed by atoms with Crippen molar-refractivity contribution in [1.82, 2.24) is 14.8 Å². The van der Waals surface area contributed by atoms with Gasteiger partial charge < -0.3 is 24.8 Å². The van der Waals surface area contributed by atoms with Crippen LogP contribution in [0.15, 0.2) is 58.9 Å². The number of thioether (sulfide) groups is 1. The molecule has 2 N–H and O–H groups in total. The highest BCUT2D eigenvalue weighted by Gasteiger charge is 2.36. The Morgan fingerprint density at radius 1 is 1.06 bits per heavy atom. The Labute approximate surface area is 196 Å². The van der Waals surface area contributed by atoms with Crippen LogP contribution in [0, 0.1) is 0 Å². The van der Waals surface area contributed by atoms with Gasteiger partial charge in [-0.3, -0.25) is 4.79 Å². The van der Waals surface area contributed by atoms with Crippen molar-refractivity contribution >= 4 is 29.3 Å². The molecule has 33 heavy (non-hydrogen) atoms. The van der Waals surface area contributed by atoms with Gasteiger partial charge in [0.2, 0.25) is 11.1 Å². The minimum absolute atomic E-state index is 0.300. The van der Waals surface area contributed by atoms with Crippen molar-refractivity contribution in [2.45, 2.75) is 18.1 Å². The van der Waals surface area contributed by atoms with E-state index in [-0.39, 0.29) is 5.91 Å². The number of allylic oxidation sites excluding steroid dienone is 1. The van der Waals surface area contributed by atoms with E-state index in [1.807, 2.05) is 43.5 Å². The number of carbonyl (C=O) groups excluding carboxylic acids is 1. The molecular formula is C23H25N5O4S. The molecule has 4 rings (SSSR count). The van der Waals surface area contributed by atoms with Crippen molar-refractivity contribution in [2.24, 2.45) is 0 Å². The highest BCUT2D eigenvalue weighted by molar-refractivity contribution is 7.98. The number of benzene rings is 2. The standard InChI is InChI=1S/C23H25N5O4S/c1-13-18(21(29)25-15-10-6-7-11-16(15)30-2)19(28-22(24-13)26-23(27-28)33-5)14-9-8-12-17(31-3)20(14)32-4/h6-12,19H,1-5H3,(H,25,29)(H,24,26,27)/t19-/m1/s1. The number of amides is 1. The van der Waals surface area contributed by atoms with Gasteiger partial charge in [0.05, 0.1) is 32.6 Å². The van der Waals surface area contributed by atoms with E-state index in [1.54, 1.807) is 38.1 Å². The molecule has 1 aliphatic rings. The maximum absolute atomic E-state index is 13.7. The Morgan fingerprint density at radius 2 is 1.79 bits per heavy atom. The van der Waals surface area contributed by atoms with Crippen molar-refractivity contribution in [1.29, 1.82) is 0 Å². The van der Waals surface area contributed by atoms with Crippen molar-refractivity contribution in [3.63, 3.8) is 0 Å². The molecule has 2 heterocycles. The summed E-state index contributed by atoms with van der Waals surface area (Å²) in [6.07, 6.45) is 1.90. The first kappa shape index (κ1) is 22.5. The molecule has 3 aromatic rings. The van der Waals surface area contributed by atoms with E-state index >= 15 is 0 Å². The fourth-order valence-electron chi connectivity index (χ4n) is 3.86. The maximum Gasteiger partial charge on any atom is 0.255 e. The van der Waals surface area contributed by atoms with Gasteiger partial charge in [-0.2, -0.15) is 4.98 Å². The number of methoxy groups -OCH3 is 3. The lowest BCUT2D eigenvalue weighted by molar-refractivity contribution is -0.113. The highest BCUT2D eigenvalue weighted by Crippen LogP contribution is 2.43. The van der Waals surface area contributed by atoms with Crippen LogP contribution in [0.25, 0.3) is 0 Å². The van der Waals surface area contributed by atoms with Crippen LogP contribution in [-0.2, 0) is 4.79 Å². The number of anilines is 2. The summed E-state index contributed by atoms with van der Waals surface area (Å²) in [5.41, 5.74) is 2.42. The number of para-hydroxylation sites is 3. The molecule has 172 valence electrons. The number of nitrogens with zero attached hydrogens (tertiary/aromatic N) is 3. The molecule has 0 saturated carbocycles. The molecule has 0 spiro atoms. The summed E-state index contributed by atoms with van der Waals surface area (Å²) in [4.78, 5) is 18.2. The van der Waals surface area contributed by atoms with Crippen LogP contribution in [0.2, 0.25) is 0 Å². The minimum Gasteiger partial charge on any atom is -0.495 e. The predicted octanol–water partition coefficient (Wildman–Crippen LogP) is 3.95. The number of hydrogen-bond acceptors (Lipinski definition) is 8. The summed E-state index contributed by atoms with van der Waals surface area (Å²) in [6.45, 7) is 1.84. The molecular weight excluding hydrogens is 442 g/mol. The highest BCUT2D eigenvalue weighted by atomic mass is 32.2. The molecule has 0 fully saturated rings. The summed E-state index contributed by atoms with van der Waals surface area (Å²) in [7, 11) is 4.71. The molecule has 1 atom stereocenters. The van der Waals surface area contributed by atoms with Gasteiger partial charge in [0.25, 0.3) is 5.91 Å². The number of fused-ring (bicyclic) bond motifs is 1. The number of ether oxygens (including phenoxy) is 3. The fraction of sp³-hybridized carbons (Fsp3) is 0.261. The molecule has 0 radical (unpaired) electrons. The second-order valence-electron chi connectivity index (χ2n) is 7.17. The number of rotatable bonds is 7. The van der Waals surface area contributed by atoms with Crippen molar-refractivity contribution in [3.8, 4) is 17.2 Å². The van der Waals surface area contributed by atoms with Crippen LogP contribution in [0.5, 0.6) is 17.2 Å². The quantitative estimate of drug-likeness (QED) is 0.504. The average Bonchev–Trinajstić information content (AvgIpc) is 3.25. The third kappa shape index (κ3) is 4.09. The third-order valence-corrected chi connectivity index (χ3v) is 5.88. The molecule has 1 amide bonds. The Bertz CT molecular complexity index is 1220. The van der Waals surface area contributed by atoms with Crippen molar-refractivity contribution < 1.29 is 19.0 Å². The molecule has 0 bridgehead atoms. The zero-order chi connectivity index (χ0) is 23.5. The zero-order valence-corrected chi connectivity index (χ0v) is 19.8. The van der Waals surface area contributed by atoms with Gasteiger partial charge in [-0.15, -0.1) is 5.10 Å². The van der Waals surface area contributed by atoms with Gasteiger partial charge in [0, 0.05) is 11.3 Å². The average molecular weight is 468 g/mol. The molecule has 1 aliphatic heterocycles. The van der Waals surface area contributed by atoms with E-state index in [4.69, 9.17) is 14.2 Å². The lowest BCUT2D eigenvalue weighted by Gasteiger charge is -2.30. The molecule has 1 aromatic heterocycles. The molecule has 10 heteroatoms. The minimum atomic E-state index is -0.602. The molecule has 0 aliphatic carbocycles. The predicted molar refractivity (Wildman–Crippen MR) is 127 cm³/mol. The summed E-state index contributed by atoms with van der Waals surface area (Å²) in [5.74, 6) is 1.89. The Hall–Kier alpha value is -3.66. The Balaban J connectivity index is 1.87. The van der Waals surface area contributed by atoms with E-state index < -0.39 is 6.04 Å². The van der Waals surface area contributed by atoms with Crippen LogP contribution >= 0.6 is 11.8 Å². The van der Waals surface area contributed by atoms with Gasteiger partial charge in [-0.25, -0.2) is 4.68 Å². The molecule has 9 nitrogen and oxygen atoms in total. The van der Waals surface area contributed by atoms with Crippen LogP contribution < -0.4 is 24.8 Å². The second-order valence-corrected chi connectivity index (χ2v) is 7.94. The summed E-state index contributed by atoms with van der Waals surface area (Å²) in [5, 5.41) is 11.4. The Kier molecular flexibility index (Phi) is 6.45. The van der Waals surface area contributed by atoms with Gasteiger partial charge in [0.1, 0.15) is 11.8 Å².